The molecule has 0 spiro atoms. The monoisotopic (exact) mass is 402 g/mol. The van der Waals surface area contributed by atoms with Gasteiger partial charge in [-0.25, -0.2) is 13.4 Å². The van der Waals surface area contributed by atoms with Crippen molar-refractivity contribution in [2.24, 2.45) is 0 Å². The molecule has 8 heteroatoms. The number of nitrogens with zero attached hydrogens (tertiary/aromatic N) is 2. The molecule has 3 rings (SSSR count). The summed E-state index contributed by atoms with van der Waals surface area (Å²) in [5.41, 5.74) is 1.03. The molecular weight excluding hydrogens is 387 g/mol. The summed E-state index contributed by atoms with van der Waals surface area (Å²) in [6.45, 7) is 1.19. The van der Waals surface area contributed by atoms with Gasteiger partial charge in [0.2, 0.25) is 10.0 Å². The van der Waals surface area contributed by atoms with Gasteiger partial charge in [-0.3, -0.25) is 0 Å². The van der Waals surface area contributed by atoms with E-state index in [0.29, 0.717) is 28.9 Å². The molecule has 1 fully saturated rings. The third-order valence-corrected chi connectivity index (χ3v) is 7.42. The van der Waals surface area contributed by atoms with Gasteiger partial charge in [-0.1, -0.05) is 29.3 Å². The molecule has 0 amide bonds. The van der Waals surface area contributed by atoms with Crippen LogP contribution in [0.15, 0.2) is 46.5 Å². The minimum atomic E-state index is -3.40. The van der Waals surface area contributed by atoms with Crippen LogP contribution in [0, 0.1) is 0 Å². The van der Waals surface area contributed by atoms with Gasteiger partial charge < -0.3 is 0 Å². The van der Waals surface area contributed by atoms with Crippen molar-refractivity contribution in [1.29, 1.82) is 0 Å². The molecule has 1 saturated heterocycles. The van der Waals surface area contributed by atoms with Crippen LogP contribution in [0.2, 0.25) is 10.0 Å². The van der Waals surface area contributed by atoms with Crippen LogP contribution in [0.4, 0.5) is 0 Å². The van der Waals surface area contributed by atoms with E-state index < -0.39 is 10.0 Å². The third-order valence-electron chi connectivity index (χ3n) is 3.78. The summed E-state index contributed by atoms with van der Waals surface area (Å²) in [4.78, 5) is 4.52. The predicted molar refractivity (Wildman–Crippen MR) is 98.3 cm³/mol. The first kappa shape index (κ1) is 18.0. The number of benzene rings is 1. The number of halogens is 2. The van der Waals surface area contributed by atoms with Crippen LogP contribution in [0.25, 0.3) is 0 Å². The zero-order valence-corrected chi connectivity index (χ0v) is 15.9. The van der Waals surface area contributed by atoms with E-state index in [1.165, 1.54) is 22.3 Å². The molecule has 4 nitrogen and oxygen atoms in total. The van der Waals surface area contributed by atoms with Gasteiger partial charge in [-0.05, 0) is 42.7 Å². The second kappa shape index (κ2) is 7.62. The second-order valence-electron chi connectivity index (χ2n) is 5.48. The fraction of sp³-hybridized carbons (Fsp3) is 0.312. The van der Waals surface area contributed by atoms with E-state index in [9.17, 15) is 8.42 Å². The van der Waals surface area contributed by atoms with Crippen LogP contribution < -0.4 is 0 Å². The highest BCUT2D eigenvalue weighted by atomic mass is 35.5. The van der Waals surface area contributed by atoms with E-state index in [4.69, 9.17) is 23.2 Å². The van der Waals surface area contributed by atoms with Crippen molar-refractivity contribution in [2.45, 2.75) is 28.5 Å². The van der Waals surface area contributed by atoms with Crippen molar-refractivity contribution in [2.75, 3.05) is 13.1 Å². The smallest absolute Gasteiger partial charge is 0.244 e. The average Bonchev–Trinajstić information content (AvgIpc) is 3.12. The predicted octanol–water partition coefficient (Wildman–Crippen LogP) is 4.47. The summed E-state index contributed by atoms with van der Waals surface area (Å²) in [6.07, 6.45) is 3.28. The number of hydrogen-bond acceptors (Lipinski definition) is 4. The van der Waals surface area contributed by atoms with E-state index in [-0.39, 0.29) is 4.90 Å². The quantitative estimate of drug-likeness (QED) is 0.692. The number of pyridine rings is 1. The SMILES string of the molecule is O=S(=O)(c1ccc(SCc2ccc(Cl)c(Cl)c2)nc1)N1CCCC1. The van der Waals surface area contributed by atoms with Crippen molar-refractivity contribution < 1.29 is 8.42 Å². The molecule has 1 aromatic heterocycles. The molecule has 2 heterocycles. The lowest BCUT2D eigenvalue weighted by Crippen LogP contribution is -2.27. The van der Waals surface area contributed by atoms with Crippen molar-refractivity contribution in [3.05, 3.63) is 52.1 Å². The summed E-state index contributed by atoms with van der Waals surface area (Å²) in [5, 5.41) is 1.82. The molecule has 0 unspecified atom stereocenters. The Kier molecular flexibility index (Phi) is 5.72. The Morgan fingerprint density at radius 1 is 1.08 bits per heavy atom. The Balaban J connectivity index is 1.67. The Morgan fingerprint density at radius 2 is 1.83 bits per heavy atom. The fourth-order valence-corrected chi connectivity index (χ4v) is 5.04. The normalized spacial score (nSPS) is 15.8. The van der Waals surface area contributed by atoms with E-state index in [0.717, 1.165) is 23.4 Å². The van der Waals surface area contributed by atoms with Crippen LogP contribution in [0.3, 0.4) is 0 Å². The topological polar surface area (TPSA) is 50.3 Å². The summed E-state index contributed by atoms with van der Waals surface area (Å²) >= 11 is 13.4. The maximum atomic E-state index is 12.4. The number of hydrogen-bond donors (Lipinski definition) is 0. The standard InChI is InChI=1S/C16H16Cl2N2O2S2/c17-14-5-3-12(9-15(14)18)11-23-16-6-4-13(10-19-16)24(21,22)20-7-1-2-8-20/h3-6,9-10H,1-2,7-8,11H2. The minimum absolute atomic E-state index is 0.253. The van der Waals surface area contributed by atoms with E-state index in [1.54, 1.807) is 18.2 Å². The molecule has 0 bridgehead atoms. The first-order valence-electron chi connectivity index (χ1n) is 7.50. The molecule has 1 aliphatic heterocycles. The van der Waals surface area contributed by atoms with Gasteiger partial charge in [-0.2, -0.15) is 4.31 Å². The lowest BCUT2D eigenvalue weighted by molar-refractivity contribution is 0.477. The molecule has 1 aromatic carbocycles. The molecule has 1 aliphatic rings. The third kappa shape index (κ3) is 4.06. The van der Waals surface area contributed by atoms with Gasteiger partial charge in [0, 0.05) is 25.0 Å². The zero-order chi connectivity index (χ0) is 17.2. The summed E-state index contributed by atoms with van der Waals surface area (Å²) in [6, 6.07) is 8.86. The Bertz CT molecular complexity index is 820. The first-order valence-corrected chi connectivity index (χ1v) is 10.7. The van der Waals surface area contributed by atoms with Gasteiger partial charge in [0.05, 0.1) is 15.1 Å². The van der Waals surface area contributed by atoms with Crippen LogP contribution in [0.5, 0.6) is 0 Å². The van der Waals surface area contributed by atoms with Gasteiger partial charge in [0.15, 0.2) is 0 Å². The lowest BCUT2D eigenvalue weighted by atomic mass is 10.2. The highest BCUT2D eigenvalue weighted by Gasteiger charge is 2.27. The van der Waals surface area contributed by atoms with E-state index in [2.05, 4.69) is 4.98 Å². The number of aromatic nitrogens is 1. The highest BCUT2D eigenvalue weighted by molar-refractivity contribution is 7.98. The van der Waals surface area contributed by atoms with Gasteiger partial charge in [-0.15, -0.1) is 11.8 Å². The van der Waals surface area contributed by atoms with Crippen molar-refractivity contribution in [3.8, 4) is 0 Å². The summed E-state index contributed by atoms with van der Waals surface area (Å²) in [7, 11) is -3.40. The molecule has 128 valence electrons. The largest absolute Gasteiger partial charge is 0.249 e. The number of sulfonamides is 1. The first-order chi connectivity index (χ1) is 11.5. The highest BCUT2D eigenvalue weighted by Crippen LogP contribution is 2.28. The maximum absolute atomic E-state index is 12.4. The lowest BCUT2D eigenvalue weighted by Gasteiger charge is -2.15. The molecule has 2 aromatic rings. The van der Waals surface area contributed by atoms with Crippen molar-refractivity contribution in [1.82, 2.24) is 9.29 Å². The molecular formula is C16H16Cl2N2O2S2. The molecule has 0 radical (unpaired) electrons. The van der Waals surface area contributed by atoms with Crippen LogP contribution in [-0.2, 0) is 15.8 Å². The fourth-order valence-electron chi connectivity index (χ4n) is 2.47. The molecule has 0 N–H and O–H groups in total. The Morgan fingerprint density at radius 3 is 2.46 bits per heavy atom. The van der Waals surface area contributed by atoms with Crippen molar-refractivity contribution >= 4 is 45.0 Å². The van der Waals surface area contributed by atoms with Gasteiger partial charge >= 0.3 is 0 Å². The Hall–Kier alpha value is -0.790. The minimum Gasteiger partial charge on any atom is -0.249 e. The average molecular weight is 403 g/mol. The van der Waals surface area contributed by atoms with Crippen LogP contribution in [0.1, 0.15) is 18.4 Å². The Labute approximate surface area is 156 Å². The molecule has 0 atom stereocenters. The summed E-state index contributed by atoms with van der Waals surface area (Å²) < 4.78 is 26.4. The van der Waals surface area contributed by atoms with E-state index >= 15 is 0 Å². The summed E-state index contributed by atoms with van der Waals surface area (Å²) in [5.74, 6) is 0.683. The van der Waals surface area contributed by atoms with Crippen molar-refractivity contribution in [3.63, 3.8) is 0 Å². The maximum Gasteiger partial charge on any atom is 0.244 e. The van der Waals surface area contributed by atoms with Crippen LogP contribution in [-0.4, -0.2) is 30.8 Å². The van der Waals surface area contributed by atoms with E-state index in [1.807, 2.05) is 12.1 Å². The van der Waals surface area contributed by atoms with Gasteiger partial charge in [0.25, 0.3) is 0 Å². The molecule has 24 heavy (non-hydrogen) atoms. The number of rotatable bonds is 5. The molecule has 0 aliphatic carbocycles. The molecule has 0 saturated carbocycles. The number of thioether (sulfide) groups is 1. The zero-order valence-electron chi connectivity index (χ0n) is 12.8. The second-order valence-corrected chi connectivity index (χ2v) is 9.23. The van der Waals surface area contributed by atoms with Crippen LogP contribution >= 0.6 is 35.0 Å². The van der Waals surface area contributed by atoms with Gasteiger partial charge in [0.1, 0.15) is 4.90 Å².